The Morgan fingerprint density at radius 2 is 2.18 bits per heavy atom. The quantitative estimate of drug-likeness (QED) is 0.791. The molecule has 0 fully saturated rings. The fourth-order valence-corrected chi connectivity index (χ4v) is 2.05. The molecule has 0 aliphatic heterocycles. The van der Waals surface area contributed by atoms with Gasteiger partial charge in [-0.1, -0.05) is 0 Å². The van der Waals surface area contributed by atoms with Crippen LogP contribution in [0.3, 0.4) is 0 Å². The minimum Gasteiger partial charge on any atom is -0.395 e. The lowest BCUT2D eigenvalue weighted by Crippen LogP contribution is -2.12. The number of nitrogens with one attached hydrogen (secondary N) is 1. The molecule has 3 N–H and O–H groups in total. The summed E-state index contributed by atoms with van der Waals surface area (Å²) < 4.78 is 27.4. The SMILES string of the molecule is Cn1c(Sc2cc(F)cc(F)c2N)n[nH]c1=O. The van der Waals surface area contributed by atoms with Gasteiger partial charge in [0.1, 0.15) is 11.6 Å². The van der Waals surface area contributed by atoms with Crippen molar-refractivity contribution in [3.63, 3.8) is 0 Å². The zero-order valence-corrected chi connectivity index (χ0v) is 9.52. The van der Waals surface area contributed by atoms with Gasteiger partial charge in [-0.2, -0.15) is 0 Å². The summed E-state index contributed by atoms with van der Waals surface area (Å²) in [5.41, 5.74) is 4.88. The lowest BCUT2D eigenvalue weighted by atomic mass is 10.3. The van der Waals surface area contributed by atoms with E-state index in [1.165, 1.54) is 11.6 Å². The molecule has 0 spiro atoms. The molecule has 17 heavy (non-hydrogen) atoms. The summed E-state index contributed by atoms with van der Waals surface area (Å²) in [4.78, 5) is 11.3. The van der Waals surface area contributed by atoms with Gasteiger partial charge in [0.25, 0.3) is 0 Å². The molecule has 0 bridgehead atoms. The van der Waals surface area contributed by atoms with Gasteiger partial charge >= 0.3 is 5.69 Å². The van der Waals surface area contributed by atoms with E-state index in [4.69, 9.17) is 5.73 Å². The molecule has 0 saturated heterocycles. The number of halogens is 2. The summed E-state index contributed by atoms with van der Waals surface area (Å²) in [5, 5.41) is 6.18. The van der Waals surface area contributed by atoms with E-state index in [2.05, 4.69) is 10.2 Å². The fourth-order valence-electron chi connectivity index (χ4n) is 1.17. The Morgan fingerprint density at radius 3 is 2.76 bits per heavy atom. The lowest BCUT2D eigenvalue weighted by molar-refractivity contribution is 0.581. The number of benzene rings is 1. The zero-order chi connectivity index (χ0) is 12.6. The largest absolute Gasteiger partial charge is 0.395 e. The molecule has 2 rings (SSSR count). The first-order chi connectivity index (χ1) is 7.99. The highest BCUT2D eigenvalue weighted by Crippen LogP contribution is 2.32. The summed E-state index contributed by atoms with van der Waals surface area (Å²) in [6, 6.07) is 1.78. The van der Waals surface area contributed by atoms with Gasteiger partial charge in [-0.15, -0.1) is 5.10 Å². The smallest absolute Gasteiger partial charge is 0.343 e. The van der Waals surface area contributed by atoms with Crippen molar-refractivity contribution >= 4 is 17.4 Å². The molecule has 2 aromatic rings. The maximum atomic E-state index is 13.2. The van der Waals surface area contributed by atoms with E-state index in [0.29, 0.717) is 6.07 Å². The molecule has 1 heterocycles. The predicted octanol–water partition coefficient (Wildman–Crippen LogP) is 1.12. The maximum absolute atomic E-state index is 13.2. The van der Waals surface area contributed by atoms with Crippen LogP contribution in [0.4, 0.5) is 14.5 Å². The number of anilines is 1. The van der Waals surface area contributed by atoms with Crippen LogP contribution in [0.1, 0.15) is 0 Å². The Balaban J connectivity index is 2.43. The molecule has 0 radical (unpaired) electrons. The highest BCUT2D eigenvalue weighted by Gasteiger charge is 2.13. The first kappa shape index (κ1) is 11.6. The number of aromatic nitrogens is 3. The highest BCUT2D eigenvalue weighted by molar-refractivity contribution is 7.99. The summed E-state index contributed by atoms with van der Waals surface area (Å²) in [6.45, 7) is 0. The van der Waals surface area contributed by atoms with Crippen LogP contribution >= 0.6 is 11.8 Å². The summed E-state index contributed by atoms with van der Waals surface area (Å²) >= 11 is 0.906. The Bertz CT molecular complexity index is 622. The van der Waals surface area contributed by atoms with Gasteiger partial charge in [-0.05, 0) is 17.8 Å². The molecule has 0 saturated carbocycles. The van der Waals surface area contributed by atoms with Crippen LogP contribution < -0.4 is 11.4 Å². The van der Waals surface area contributed by atoms with Gasteiger partial charge in [0.2, 0.25) is 0 Å². The van der Waals surface area contributed by atoms with Crippen molar-refractivity contribution in [3.05, 3.63) is 34.3 Å². The van der Waals surface area contributed by atoms with E-state index in [9.17, 15) is 13.6 Å². The molecule has 8 heteroatoms. The van der Waals surface area contributed by atoms with Crippen LogP contribution in [0.2, 0.25) is 0 Å². The van der Waals surface area contributed by atoms with Crippen molar-refractivity contribution in [1.82, 2.24) is 14.8 Å². The van der Waals surface area contributed by atoms with Crippen molar-refractivity contribution in [2.24, 2.45) is 7.05 Å². The maximum Gasteiger partial charge on any atom is 0.343 e. The van der Waals surface area contributed by atoms with Gasteiger partial charge < -0.3 is 5.73 Å². The number of hydrogen-bond acceptors (Lipinski definition) is 4. The molecule has 0 amide bonds. The summed E-state index contributed by atoms with van der Waals surface area (Å²) in [6.07, 6.45) is 0. The fraction of sp³-hybridized carbons (Fsp3) is 0.111. The van der Waals surface area contributed by atoms with E-state index in [1.54, 1.807) is 0 Å². The molecule has 5 nitrogen and oxygen atoms in total. The van der Waals surface area contributed by atoms with E-state index in [1.807, 2.05) is 0 Å². The number of nitrogens with two attached hydrogens (primary N) is 1. The van der Waals surface area contributed by atoms with Crippen LogP contribution in [-0.4, -0.2) is 14.8 Å². The van der Waals surface area contributed by atoms with Crippen molar-refractivity contribution in [2.75, 3.05) is 5.73 Å². The van der Waals surface area contributed by atoms with Gasteiger partial charge in [-0.25, -0.2) is 18.7 Å². The first-order valence-corrected chi connectivity index (χ1v) is 5.34. The first-order valence-electron chi connectivity index (χ1n) is 4.53. The molecule has 0 aliphatic carbocycles. The van der Waals surface area contributed by atoms with Crippen LogP contribution in [0, 0.1) is 11.6 Å². The Labute approximate surface area is 98.6 Å². The molecule has 0 unspecified atom stereocenters. The molecule has 1 aromatic carbocycles. The minimum atomic E-state index is -0.840. The van der Waals surface area contributed by atoms with Gasteiger partial charge in [0.15, 0.2) is 5.16 Å². The molecule has 1 aromatic heterocycles. The van der Waals surface area contributed by atoms with Crippen molar-refractivity contribution < 1.29 is 8.78 Å². The summed E-state index contributed by atoms with van der Waals surface area (Å²) in [5.74, 6) is -1.58. The Morgan fingerprint density at radius 1 is 1.47 bits per heavy atom. The third kappa shape index (κ3) is 2.16. The second-order valence-corrected chi connectivity index (χ2v) is 4.28. The zero-order valence-electron chi connectivity index (χ0n) is 8.70. The van der Waals surface area contributed by atoms with Crippen LogP contribution in [-0.2, 0) is 7.05 Å². The lowest BCUT2D eigenvalue weighted by Gasteiger charge is -2.05. The number of hydrogen-bond donors (Lipinski definition) is 2. The number of aromatic amines is 1. The van der Waals surface area contributed by atoms with E-state index >= 15 is 0 Å². The van der Waals surface area contributed by atoms with Gasteiger partial charge in [-0.3, -0.25) is 4.57 Å². The van der Waals surface area contributed by atoms with Crippen LogP contribution in [0.5, 0.6) is 0 Å². The monoisotopic (exact) mass is 258 g/mol. The molecule has 0 atom stereocenters. The number of nitrogens with zero attached hydrogens (tertiary/aromatic N) is 2. The van der Waals surface area contributed by atoms with Gasteiger partial charge in [0.05, 0.1) is 5.69 Å². The third-order valence-corrected chi connectivity index (χ3v) is 3.20. The van der Waals surface area contributed by atoms with E-state index in [-0.39, 0.29) is 15.7 Å². The number of H-pyrrole nitrogens is 1. The average Bonchev–Trinajstić information content (AvgIpc) is 2.57. The van der Waals surface area contributed by atoms with Crippen molar-refractivity contribution in [1.29, 1.82) is 0 Å². The predicted molar refractivity (Wildman–Crippen MR) is 58.7 cm³/mol. The molecular weight excluding hydrogens is 250 g/mol. The van der Waals surface area contributed by atoms with Crippen LogP contribution in [0.25, 0.3) is 0 Å². The summed E-state index contributed by atoms with van der Waals surface area (Å²) in [7, 11) is 1.49. The second-order valence-electron chi connectivity index (χ2n) is 3.27. The van der Waals surface area contributed by atoms with Crippen molar-refractivity contribution in [2.45, 2.75) is 10.1 Å². The number of rotatable bonds is 2. The normalized spacial score (nSPS) is 10.8. The Hall–Kier alpha value is -1.83. The topological polar surface area (TPSA) is 76.7 Å². The number of nitrogen functional groups attached to an aromatic ring is 1. The molecular formula is C9H8F2N4OS. The molecule has 90 valence electrons. The van der Waals surface area contributed by atoms with Gasteiger partial charge in [0, 0.05) is 18.0 Å². The standard InChI is InChI=1S/C9H8F2N4OS/c1-15-8(16)13-14-9(15)17-6-3-4(10)2-5(11)7(6)12/h2-3H,12H2,1H3,(H,13,16). The average molecular weight is 258 g/mol. The minimum absolute atomic E-state index is 0.171. The van der Waals surface area contributed by atoms with E-state index in [0.717, 1.165) is 17.8 Å². The second kappa shape index (κ2) is 4.21. The van der Waals surface area contributed by atoms with E-state index < -0.39 is 17.3 Å². The Kier molecular flexibility index (Phi) is 2.88. The third-order valence-electron chi connectivity index (χ3n) is 2.10. The van der Waals surface area contributed by atoms with Crippen molar-refractivity contribution in [3.8, 4) is 0 Å². The van der Waals surface area contributed by atoms with Crippen LogP contribution in [0.15, 0.2) is 27.0 Å². The molecule has 0 aliphatic rings. The highest BCUT2D eigenvalue weighted by atomic mass is 32.2.